The normalized spacial score (nSPS) is 23.2. The zero-order valence-corrected chi connectivity index (χ0v) is 18.4. The van der Waals surface area contributed by atoms with Crippen molar-refractivity contribution in [2.24, 2.45) is 5.92 Å². The number of imide groups is 1. The van der Waals surface area contributed by atoms with E-state index in [1.807, 2.05) is 36.1 Å². The van der Waals surface area contributed by atoms with Gasteiger partial charge in [0.1, 0.15) is 5.70 Å². The summed E-state index contributed by atoms with van der Waals surface area (Å²) in [5.74, 6) is -0.253. The highest BCUT2D eigenvalue weighted by molar-refractivity contribution is 6.35. The van der Waals surface area contributed by atoms with Crippen LogP contribution in [-0.2, 0) is 14.3 Å². The monoisotopic (exact) mass is 427 g/mol. The molecule has 1 atom stereocenters. The number of carbonyl (C=O) groups excluding carboxylic acids is 2. The van der Waals surface area contributed by atoms with Crippen molar-refractivity contribution in [2.45, 2.75) is 26.2 Å². The van der Waals surface area contributed by atoms with Crippen LogP contribution in [0.4, 0.5) is 0 Å². The minimum atomic E-state index is -0.197. The van der Waals surface area contributed by atoms with Crippen molar-refractivity contribution in [1.82, 2.24) is 14.7 Å². The van der Waals surface area contributed by atoms with Crippen molar-refractivity contribution >= 4 is 17.4 Å². The second-order valence-electron chi connectivity index (χ2n) is 8.80. The molecule has 3 heterocycles. The van der Waals surface area contributed by atoms with Crippen LogP contribution in [0.3, 0.4) is 0 Å². The highest BCUT2D eigenvalue weighted by atomic mass is 16.5. The van der Waals surface area contributed by atoms with Gasteiger partial charge >= 0.3 is 0 Å². The number of aliphatic hydroxyl groups excluding tert-OH is 1. The molecule has 0 spiro atoms. The number of nitrogens with zero attached hydrogens (tertiary/aromatic N) is 3. The minimum absolute atomic E-state index is 0.106. The molecular formula is C24H33N3O4. The molecule has 3 aliphatic heterocycles. The van der Waals surface area contributed by atoms with Gasteiger partial charge in [0.05, 0.1) is 18.8 Å². The number of carbonyl (C=O) groups is 2. The lowest BCUT2D eigenvalue weighted by molar-refractivity contribution is -0.137. The van der Waals surface area contributed by atoms with E-state index in [-0.39, 0.29) is 24.3 Å². The van der Waals surface area contributed by atoms with Gasteiger partial charge in [-0.15, -0.1) is 0 Å². The van der Waals surface area contributed by atoms with Crippen molar-refractivity contribution in [2.75, 3.05) is 59.1 Å². The van der Waals surface area contributed by atoms with Crippen molar-refractivity contribution in [3.8, 4) is 0 Å². The summed E-state index contributed by atoms with van der Waals surface area (Å²) < 4.78 is 5.39. The molecule has 31 heavy (non-hydrogen) atoms. The van der Waals surface area contributed by atoms with E-state index in [2.05, 4.69) is 4.90 Å². The van der Waals surface area contributed by atoms with Crippen molar-refractivity contribution < 1.29 is 19.4 Å². The lowest BCUT2D eigenvalue weighted by Crippen LogP contribution is -2.42. The molecular weight excluding hydrogens is 394 g/mol. The number of piperidine rings is 1. The molecule has 0 bridgehead atoms. The number of likely N-dealkylation sites (tertiary alicyclic amines) is 1. The summed E-state index contributed by atoms with van der Waals surface area (Å²) in [7, 11) is 0. The van der Waals surface area contributed by atoms with Gasteiger partial charge in [-0.2, -0.15) is 0 Å². The molecule has 1 aromatic carbocycles. The Bertz CT molecular complexity index is 830. The van der Waals surface area contributed by atoms with Crippen molar-refractivity contribution in [3.05, 3.63) is 41.1 Å². The Hall–Kier alpha value is -2.22. The zero-order chi connectivity index (χ0) is 21.8. The second-order valence-corrected chi connectivity index (χ2v) is 8.80. The number of aliphatic hydroxyl groups is 1. The molecule has 4 rings (SSSR count). The summed E-state index contributed by atoms with van der Waals surface area (Å²) >= 11 is 0. The summed E-state index contributed by atoms with van der Waals surface area (Å²) in [6.45, 7) is 8.02. The van der Waals surface area contributed by atoms with Gasteiger partial charge < -0.3 is 14.7 Å². The predicted octanol–water partition coefficient (Wildman–Crippen LogP) is 1.50. The Morgan fingerprint density at radius 1 is 1.03 bits per heavy atom. The van der Waals surface area contributed by atoms with E-state index >= 15 is 0 Å². The fourth-order valence-electron chi connectivity index (χ4n) is 4.73. The van der Waals surface area contributed by atoms with E-state index in [1.54, 1.807) is 0 Å². The summed E-state index contributed by atoms with van der Waals surface area (Å²) in [5.41, 5.74) is 2.93. The maximum Gasteiger partial charge on any atom is 0.277 e. The highest BCUT2D eigenvalue weighted by Gasteiger charge is 2.42. The molecule has 7 nitrogen and oxygen atoms in total. The molecule has 0 radical (unpaired) electrons. The Morgan fingerprint density at radius 2 is 1.77 bits per heavy atom. The largest absolute Gasteiger partial charge is 0.396 e. The van der Waals surface area contributed by atoms with Crippen LogP contribution < -0.4 is 0 Å². The molecule has 2 fully saturated rings. The SMILES string of the molecule is Cc1ccc(C2=C(N3CCCC(CO)C3)C(=O)N(CCCN3CCOCC3)C2=O)cc1. The number of benzene rings is 1. The quantitative estimate of drug-likeness (QED) is 0.665. The van der Waals surface area contributed by atoms with E-state index in [0.29, 0.717) is 24.4 Å². The number of hydrogen-bond donors (Lipinski definition) is 1. The minimum Gasteiger partial charge on any atom is -0.396 e. The number of amides is 2. The summed E-state index contributed by atoms with van der Waals surface area (Å²) in [5, 5.41) is 9.66. The first-order chi connectivity index (χ1) is 15.1. The van der Waals surface area contributed by atoms with Gasteiger partial charge in [-0.05, 0) is 37.7 Å². The first-order valence-electron chi connectivity index (χ1n) is 11.4. The third kappa shape index (κ3) is 4.84. The smallest absolute Gasteiger partial charge is 0.277 e. The number of aryl methyl sites for hydroxylation is 1. The van der Waals surface area contributed by atoms with E-state index in [0.717, 1.165) is 69.8 Å². The van der Waals surface area contributed by atoms with E-state index in [4.69, 9.17) is 4.74 Å². The average molecular weight is 428 g/mol. The first kappa shape index (κ1) is 22.0. The Balaban J connectivity index is 1.55. The van der Waals surface area contributed by atoms with Gasteiger partial charge in [0.2, 0.25) is 0 Å². The van der Waals surface area contributed by atoms with Crippen LogP contribution >= 0.6 is 0 Å². The lowest BCUT2D eigenvalue weighted by atomic mass is 9.96. The van der Waals surface area contributed by atoms with Crippen LogP contribution in [0.15, 0.2) is 30.0 Å². The topological polar surface area (TPSA) is 73.3 Å². The molecule has 7 heteroatoms. The molecule has 0 saturated carbocycles. The fourth-order valence-corrected chi connectivity index (χ4v) is 4.73. The first-order valence-corrected chi connectivity index (χ1v) is 11.4. The van der Waals surface area contributed by atoms with Crippen LogP contribution in [0.2, 0.25) is 0 Å². The van der Waals surface area contributed by atoms with Gasteiger partial charge in [0.25, 0.3) is 11.8 Å². The number of ether oxygens (including phenoxy) is 1. The predicted molar refractivity (Wildman–Crippen MR) is 118 cm³/mol. The Kier molecular flexibility index (Phi) is 7.05. The van der Waals surface area contributed by atoms with Gasteiger partial charge in [0, 0.05) is 45.9 Å². The third-order valence-corrected chi connectivity index (χ3v) is 6.54. The zero-order valence-electron chi connectivity index (χ0n) is 18.4. The molecule has 1 N–H and O–H groups in total. The maximum atomic E-state index is 13.5. The number of hydrogen-bond acceptors (Lipinski definition) is 6. The standard InChI is InChI=1S/C24H33N3O4/c1-18-5-7-20(8-6-18)21-22(26-10-2-4-19(16-26)17-28)24(30)27(23(21)29)11-3-9-25-12-14-31-15-13-25/h5-8,19,28H,2-4,9-17H2,1H3. The Labute approximate surface area is 184 Å². The molecule has 2 amide bonds. The molecule has 0 aliphatic carbocycles. The molecule has 3 aliphatic rings. The lowest BCUT2D eigenvalue weighted by Gasteiger charge is -2.34. The van der Waals surface area contributed by atoms with Gasteiger partial charge in [-0.25, -0.2) is 0 Å². The molecule has 1 aromatic rings. The second kappa shape index (κ2) is 9.94. The number of rotatable bonds is 7. The number of morpholine rings is 1. The Morgan fingerprint density at radius 3 is 2.48 bits per heavy atom. The van der Waals surface area contributed by atoms with E-state index in [1.165, 1.54) is 4.90 Å². The maximum absolute atomic E-state index is 13.5. The van der Waals surface area contributed by atoms with E-state index < -0.39 is 0 Å². The summed E-state index contributed by atoms with van der Waals surface area (Å²) in [6.07, 6.45) is 2.62. The van der Waals surface area contributed by atoms with Crippen molar-refractivity contribution in [3.63, 3.8) is 0 Å². The molecule has 1 unspecified atom stereocenters. The third-order valence-electron chi connectivity index (χ3n) is 6.54. The van der Waals surface area contributed by atoms with Crippen LogP contribution in [-0.4, -0.2) is 90.7 Å². The van der Waals surface area contributed by atoms with E-state index in [9.17, 15) is 14.7 Å². The summed E-state index contributed by atoms with van der Waals surface area (Å²) in [6, 6.07) is 7.82. The molecule has 168 valence electrons. The van der Waals surface area contributed by atoms with Gasteiger partial charge in [0.15, 0.2) is 0 Å². The molecule has 0 aromatic heterocycles. The van der Waals surface area contributed by atoms with Crippen LogP contribution in [0.25, 0.3) is 5.57 Å². The van der Waals surface area contributed by atoms with Crippen LogP contribution in [0.1, 0.15) is 30.4 Å². The average Bonchev–Trinajstić information content (AvgIpc) is 3.05. The molecule has 2 saturated heterocycles. The highest BCUT2D eigenvalue weighted by Crippen LogP contribution is 2.34. The fraction of sp³-hybridized carbons (Fsp3) is 0.583. The van der Waals surface area contributed by atoms with Gasteiger partial charge in [-0.1, -0.05) is 29.8 Å². The summed E-state index contributed by atoms with van der Waals surface area (Å²) in [4.78, 5) is 32.7. The van der Waals surface area contributed by atoms with Gasteiger partial charge in [-0.3, -0.25) is 19.4 Å². The van der Waals surface area contributed by atoms with Crippen LogP contribution in [0, 0.1) is 12.8 Å². The van der Waals surface area contributed by atoms with Crippen LogP contribution in [0.5, 0.6) is 0 Å². The van der Waals surface area contributed by atoms with Crippen molar-refractivity contribution in [1.29, 1.82) is 0 Å².